The molecule has 1 fully saturated rings. The van der Waals surface area contributed by atoms with Crippen LogP contribution in [0.3, 0.4) is 0 Å². The van der Waals surface area contributed by atoms with Crippen molar-refractivity contribution in [3.05, 3.63) is 35.4 Å². The summed E-state index contributed by atoms with van der Waals surface area (Å²) in [4.78, 5) is 4.15. The molecule has 142 valence electrons. The highest BCUT2D eigenvalue weighted by Crippen LogP contribution is 2.28. The first kappa shape index (κ1) is 22.1. The maximum atomic E-state index is 13.8. The summed E-state index contributed by atoms with van der Waals surface area (Å²) < 4.78 is 32.3. The lowest BCUT2D eigenvalue weighted by atomic mass is 10.0. The molecule has 1 saturated carbocycles. The van der Waals surface area contributed by atoms with E-state index in [0.717, 1.165) is 38.2 Å². The van der Waals surface area contributed by atoms with Crippen LogP contribution in [0.4, 0.5) is 8.78 Å². The predicted molar refractivity (Wildman–Crippen MR) is 108 cm³/mol. The zero-order chi connectivity index (χ0) is 17.4. The largest absolute Gasteiger partial charge is 0.381 e. The third-order valence-electron chi connectivity index (χ3n) is 4.10. The fourth-order valence-corrected chi connectivity index (χ4v) is 2.40. The second-order valence-corrected chi connectivity index (χ2v) is 6.32. The summed E-state index contributed by atoms with van der Waals surface area (Å²) in [5.74, 6) is 0.302. The number of ether oxygens (including phenoxy) is 1. The minimum atomic E-state index is -0.558. The lowest BCUT2D eigenvalue weighted by molar-refractivity contribution is 0.123. The molecule has 2 rings (SSSR count). The predicted octanol–water partition coefficient (Wildman–Crippen LogP) is 3.67. The summed E-state index contributed by atoms with van der Waals surface area (Å²) in [6.07, 6.45) is 3.53. The highest BCUT2D eigenvalue weighted by molar-refractivity contribution is 14.0. The van der Waals surface area contributed by atoms with E-state index in [0.29, 0.717) is 18.1 Å². The first-order valence-corrected chi connectivity index (χ1v) is 8.57. The van der Waals surface area contributed by atoms with E-state index in [1.165, 1.54) is 25.0 Å². The Bertz CT molecular complexity index is 553. The number of nitrogens with one attached hydrogen (secondary N) is 2. The molecule has 0 aromatic heterocycles. The zero-order valence-corrected chi connectivity index (χ0v) is 17.2. The minimum absolute atomic E-state index is 0. The van der Waals surface area contributed by atoms with Gasteiger partial charge in [0.15, 0.2) is 5.96 Å². The van der Waals surface area contributed by atoms with Crippen LogP contribution in [0.5, 0.6) is 0 Å². The Labute approximate surface area is 165 Å². The van der Waals surface area contributed by atoms with Gasteiger partial charge in [-0.1, -0.05) is 13.0 Å². The maximum absolute atomic E-state index is 13.8. The Balaban J connectivity index is 0.00000312. The topological polar surface area (TPSA) is 45.7 Å². The van der Waals surface area contributed by atoms with Crippen LogP contribution in [-0.4, -0.2) is 39.3 Å². The van der Waals surface area contributed by atoms with E-state index >= 15 is 0 Å². The average Bonchev–Trinajstić information content (AvgIpc) is 3.37. The summed E-state index contributed by atoms with van der Waals surface area (Å²) in [6.45, 7) is 4.80. The lowest BCUT2D eigenvalue weighted by Gasteiger charge is -2.17. The lowest BCUT2D eigenvalue weighted by Crippen LogP contribution is -2.39. The molecule has 1 aliphatic rings. The van der Waals surface area contributed by atoms with Crippen LogP contribution >= 0.6 is 24.0 Å². The first-order chi connectivity index (χ1) is 11.6. The van der Waals surface area contributed by atoms with Crippen molar-refractivity contribution in [1.29, 1.82) is 0 Å². The van der Waals surface area contributed by atoms with Gasteiger partial charge in [-0.3, -0.25) is 4.99 Å². The van der Waals surface area contributed by atoms with Gasteiger partial charge in [-0.25, -0.2) is 8.78 Å². The van der Waals surface area contributed by atoms with Gasteiger partial charge >= 0.3 is 0 Å². The van der Waals surface area contributed by atoms with Gasteiger partial charge in [0.1, 0.15) is 11.6 Å². The minimum Gasteiger partial charge on any atom is -0.381 e. The van der Waals surface area contributed by atoms with Crippen molar-refractivity contribution in [3.63, 3.8) is 0 Å². The van der Waals surface area contributed by atoms with E-state index < -0.39 is 11.6 Å². The fourth-order valence-electron chi connectivity index (χ4n) is 2.40. The van der Waals surface area contributed by atoms with E-state index in [1.54, 1.807) is 7.05 Å². The Morgan fingerprint density at radius 2 is 2.08 bits per heavy atom. The zero-order valence-electron chi connectivity index (χ0n) is 14.9. The molecular weight excluding hydrogens is 439 g/mol. The second kappa shape index (κ2) is 11.6. The molecule has 0 heterocycles. The number of nitrogens with zero attached hydrogens (tertiary/aromatic N) is 1. The SMILES string of the molecule is CN=C(NCCCOCC1CC1)NCC(C)c1ccc(F)cc1F.I. The summed E-state index contributed by atoms with van der Waals surface area (Å²) >= 11 is 0. The van der Waals surface area contributed by atoms with Gasteiger partial charge in [0, 0.05) is 45.3 Å². The molecule has 0 spiro atoms. The molecule has 0 aliphatic heterocycles. The van der Waals surface area contributed by atoms with E-state index in [4.69, 9.17) is 4.74 Å². The normalized spacial score (nSPS) is 15.4. The van der Waals surface area contributed by atoms with Crippen molar-refractivity contribution < 1.29 is 13.5 Å². The van der Waals surface area contributed by atoms with Gasteiger partial charge < -0.3 is 15.4 Å². The van der Waals surface area contributed by atoms with E-state index in [2.05, 4.69) is 15.6 Å². The number of guanidine groups is 1. The van der Waals surface area contributed by atoms with Gasteiger partial charge in [-0.2, -0.15) is 0 Å². The highest BCUT2D eigenvalue weighted by atomic mass is 127. The van der Waals surface area contributed by atoms with Crippen molar-refractivity contribution in [2.45, 2.75) is 32.1 Å². The Morgan fingerprint density at radius 3 is 2.72 bits per heavy atom. The first-order valence-electron chi connectivity index (χ1n) is 8.57. The van der Waals surface area contributed by atoms with Gasteiger partial charge in [0.25, 0.3) is 0 Å². The molecule has 1 aliphatic carbocycles. The molecule has 7 heteroatoms. The van der Waals surface area contributed by atoms with Crippen LogP contribution in [0.15, 0.2) is 23.2 Å². The quantitative estimate of drug-likeness (QED) is 0.252. The Kier molecular flexibility index (Phi) is 10.3. The van der Waals surface area contributed by atoms with Crippen LogP contribution in [-0.2, 0) is 4.74 Å². The summed E-state index contributed by atoms with van der Waals surface area (Å²) in [6, 6.07) is 3.69. The molecule has 2 N–H and O–H groups in total. The average molecular weight is 467 g/mol. The summed E-state index contributed by atoms with van der Waals surface area (Å²) in [5.41, 5.74) is 0.493. The van der Waals surface area contributed by atoms with Gasteiger partial charge in [0.2, 0.25) is 0 Å². The maximum Gasteiger partial charge on any atom is 0.190 e. The molecule has 0 saturated heterocycles. The van der Waals surface area contributed by atoms with E-state index in [-0.39, 0.29) is 29.9 Å². The van der Waals surface area contributed by atoms with Gasteiger partial charge in [-0.15, -0.1) is 24.0 Å². The molecule has 1 aromatic rings. The summed E-state index contributed by atoms with van der Waals surface area (Å²) in [5, 5.41) is 6.38. The third-order valence-corrected chi connectivity index (χ3v) is 4.10. The molecule has 0 radical (unpaired) electrons. The third kappa shape index (κ3) is 8.31. The van der Waals surface area contributed by atoms with Crippen molar-refractivity contribution in [2.75, 3.05) is 33.4 Å². The Morgan fingerprint density at radius 1 is 1.32 bits per heavy atom. The van der Waals surface area contributed by atoms with Gasteiger partial charge in [-0.05, 0) is 36.8 Å². The number of hydrogen-bond donors (Lipinski definition) is 2. The highest BCUT2D eigenvalue weighted by Gasteiger charge is 2.20. The molecule has 0 amide bonds. The van der Waals surface area contributed by atoms with E-state index in [1.807, 2.05) is 6.92 Å². The fraction of sp³-hybridized carbons (Fsp3) is 0.611. The number of benzene rings is 1. The molecule has 1 aromatic carbocycles. The van der Waals surface area contributed by atoms with Crippen molar-refractivity contribution in [3.8, 4) is 0 Å². The second-order valence-electron chi connectivity index (χ2n) is 6.32. The number of aliphatic imine (C=N–C) groups is 1. The summed E-state index contributed by atoms with van der Waals surface area (Å²) in [7, 11) is 1.70. The number of rotatable bonds is 9. The van der Waals surface area contributed by atoms with Crippen LogP contribution < -0.4 is 10.6 Å². The molecule has 1 unspecified atom stereocenters. The van der Waals surface area contributed by atoms with Crippen LogP contribution in [0, 0.1) is 17.6 Å². The van der Waals surface area contributed by atoms with E-state index in [9.17, 15) is 8.78 Å². The monoisotopic (exact) mass is 467 g/mol. The standard InChI is InChI=1S/C18H27F2N3O.HI/c1-13(16-7-6-15(19)10-17(16)20)11-23-18(21-2)22-8-3-9-24-12-14-4-5-14;/h6-7,10,13-14H,3-5,8-9,11-12H2,1-2H3,(H2,21,22,23);1H. The van der Waals surface area contributed by atoms with Crippen LogP contribution in [0.25, 0.3) is 0 Å². The molecular formula is C18H28F2IN3O. The molecule has 25 heavy (non-hydrogen) atoms. The Hall–Kier alpha value is -0.960. The molecule has 1 atom stereocenters. The van der Waals surface area contributed by atoms with Crippen molar-refractivity contribution >= 4 is 29.9 Å². The smallest absolute Gasteiger partial charge is 0.190 e. The van der Waals surface area contributed by atoms with Crippen molar-refractivity contribution in [1.82, 2.24) is 10.6 Å². The van der Waals surface area contributed by atoms with Crippen LogP contribution in [0.1, 0.15) is 37.7 Å². The number of halogens is 3. The molecule has 0 bridgehead atoms. The van der Waals surface area contributed by atoms with Gasteiger partial charge in [0.05, 0.1) is 0 Å². The molecule has 4 nitrogen and oxygen atoms in total. The van der Waals surface area contributed by atoms with Crippen molar-refractivity contribution in [2.24, 2.45) is 10.9 Å². The number of hydrogen-bond acceptors (Lipinski definition) is 2. The van der Waals surface area contributed by atoms with Crippen LogP contribution in [0.2, 0.25) is 0 Å².